The fourth-order valence-electron chi connectivity index (χ4n) is 1.50. The zero-order valence-electron chi connectivity index (χ0n) is 9.63. The van der Waals surface area contributed by atoms with Crippen molar-refractivity contribution < 1.29 is 13.6 Å². The Labute approximate surface area is 102 Å². The van der Waals surface area contributed by atoms with Crippen LogP contribution in [0, 0.1) is 11.6 Å². The molecule has 2 aromatic rings. The van der Waals surface area contributed by atoms with Crippen molar-refractivity contribution in [1.82, 2.24) is 10.2 Å². The molecule has 0 aliphatic rings. The second-order valence-corrected chi connectivity index (χ2v) is 3.67. The molecule has 4 nitrogen and oxygen atoms in total. The number of hydrogen-bond donors (Lipinski definition) is 2. The Hall–Kier alpha value is -2.24. The third kappa shape index (κ3) is 2.37. The van der Waals surface area contributed by atoms with Gasteiger partial charge in [-0.25, -0.2) is 8.78 Å². The molecule has 0 fully saturated rings. The first-order chi connectivity index (χ1) is 8.61. The highest BCUT2D eigenvalue weighted by atomic mass is 19.1. The van der Waals surface area contributed by atoms with Crippen LogP contribution in [0.4, 0.5) is 14.6 Å². The molecule has 2 rings (SSSR count). The van der Waals surface area contributed by atoms with Crippen molar-refractivity contribution in [2.45, 2.75) is 13.3 Å². The van der Waals surface area contributed by atoms with E-state index in [9.17, 15) is 13.6 Å². The molecule has 0 saturated carbocycles. The number of carbonyl (C=O) groups is 1. The highest BCUT2D eigenvalue weighted by molar-refractivity contribution is 5.90. The number of hydrogen-bond acceptors (Lipinski definition) is 2. The van der Waals surface area contributed by atoms with E-state index in [1.54, 1.807) is 6.92 Å². The van der Waals surface area contributed by atoms with Crippen molar-refractivity contribution in [1.29, 1.82) is 0 Å². The smallest absolute Gasteiger partial charge is 0.225 e. The Bertz CT molecular complexity index is 560. The predicted octanol–water partition coefficient (Wildman–Crippen LogP) is 2.70. The fraction of sp³-hybridized carbons (Fsp3) is 0.167. The lowest BCUT2D eigenvalue weighted by molar-refractivity contribution is -0.115. The Morgan fingerprint density at radius 2 is 2.06 bits per heavy atom. The number of anilines is 1. The van der Waals surface area contributed by atoms with E-state index in [0.717, 1.165) is 12.1 Å². The van der Waals surface area contributed by atoms with Gasteiger partial charge in [0.15, 0.2) is 5.82 Å². The SMILES string of the molecule is CCC(=O)Nc1cc(-c2c(F)cccc2F)[nH]n1. The lowest BCUT2D eigenvalue weighted by atomic mass is 10.1. The van der Waals surface area contributed by atoms with Crippen LogP contribution >= 0.6 is 0 Å². The molecule has 0 bridgehead atoms. The first-order valence-corrected chi connectivity index (χ1v) is 5.41. The maximum absolute atomic E-state index is 13.5. The standard InChI is InChI=1S/C12H11F2N3O/c1-2-11(18)15-10-6-9(16-17-10)12-7(13)4-3-5-8(12)14/h3-6H,2H2,1H3,(H2,15,16,17,18). The molecule has 18 heavy (non-hydrogen) atoms. The molecular formula is C12H11F2N3O. The number of nitrogens with zero attached hydrogens (tertiary/aromatic N) is 1. The minimum absolute atomic E-state index is 0.178. The van der Waals surface area contributed by atoms with Crippen LogP contribution in [0.15, 0.2) is 24.3 Å². The van der Waals surface area contributed by atoms with Crippen molar-refractivity contribution in [3.63, 3.8) is 0 Å². The zero-order chi connectivity index (χ0) is 13.1. The summed E-state index contributed by atoms with van der Waals surface area (Å²) in [6, 6.07) is 4.98. The first-order valence-electron chi connectivity index (χ1n) is 5.41. The van der Waals surface area contributed by atoms with Gasteiger partial charge in [-0.05, 0) is 12.1 Å². The quantitative estimate of drug-likeness (QED) is 0.881. The van der Waals surface area contributed by atoms with Crippen molar-refractivity contribution in [3.05, 3.63) is 35.9 Å². The Morgan fingerprint density at radius 1 is 1.39 bits per heavy atom. The topological polar surface area (TPSA) is 57.8 Å². The van der Waals surface area contributed by atoms with E-state index in [4.69, 9.17) is 0 Å². The molecule has 0 radical (unpaired) electrons. The molecule has 0 unspecified atom stereocenters. The van der Waals surface area contributed by atoms with E-state index in [1.807, 2.05) is 0 Å². The van der Waals surface area contributed by atoms with Crippen LogP contribution in [0.3, 0.4) is 0 Å². The van der Waals surface area contributed by atoms with Gasteiger partial charge in [-0.3, -0.25) is 9.89 Å². The predicted molar refractivity (Wildman–Crippen MR) is 62.9 cm³/mol. The van der Waals surface area contributed by atoms with Crippen LogP contribution in [-0.2, 0) is 4.79 Å². The summed E-state index contributed by atoms with van der Waals surface area (Å²) in [5.41, 5.74) is -0.0148. The summed E-state index contributed by atoms with van der Waals surface area (Å²) in [5, 5.41) is 8.76. The summed E-state index contributed by atoms with van der Waals surface area (Å²) in [5.74, 6) is -1.36. The van der Waals surface area contributed by atoms with Gasteiger partial charge in [-0.15, -0.1) is 0 Å². The minimum Gasteiger partial charge on any atom is -0.309 e. The Morgan fingerprint density at radius 3 is 2.67 bits per heavy atom. The molecule has 0 aliphatic carbocycles. The number of aromatic amines is 1. The fourth-order valence-corrected chi connectivity index (χ4v) is 1.50. The highest BCUT2D eigenvalue weighted by Gasteiger charge is 2.14. The summed E-state index contributed by atoms with van der Waals surface area (Å²) >= 11 is 0. The number of H-pyrrole nitrogens is 1. The Kier molecular flexibility index (Phi) is 3.36. The molecule has 1 aromatic heterocycles. The van der Waals surface area contributed by atoms with E-state index >= 15 is 0 Å². The van der Waals surface area contributed by atoms with Gasteiger partial charge in [0.05, 0.1) is 11.3 Å². The van der Waals surface area contributed by atoms with Crippen LogP contribution < -0.4 is 5.32 Å². The average molecular weight is 251 g/mol. The third-order valence-electron chi connectivity index (χ3n) is 2.40. The van der Waals surface area contributed by atoms with E-state index in [0.29, 0.717) is 6.42 Å². The lowest BCUT2D eigenvalue weighted by Crippen LogP contribution is -2.09. The van der Waals surface area contributed by atoms with Crippen molar-refractivity contribution in [2.24, 2.45) is 0 Å². The minimum atomic E-state index is -0.688. The number of benzene rings is 1. The monoisotopic (exact) mass is 251 g/mol. The van der Waals surface area contributed by atoms with Crippen molar-refractivity contribution in [2.75, 3.05) is 5.32 Å². The molecule has 6 heteroatoms. The maximum atomic E-state index is 13.5. The molecule has 1 amide bonds. The number of halogens is 2. The molecule has 0 aliphatic heterocycles. The van der Waals surface area contributed by atoms with E-state index in [-0.39, 0.29) is 23.0 Å². The summed E-state index contributed by atoms with van der Waals surface area (Å²) in [6.07, 6.45) is 0.302. The van der Waals surface area contributed by atoms with E-state index < -0.39 is 11.6 Å². The summed E-state index contributed by atoms with van der Waals surface area (Å²) in [6.45, 7) is 1.69. The highest BCUT2D eigenvalue weighted by Crippen LogP contribution is 2.25. The van der Waals surface area contributed by atoms with Crippen LogP contribution in [0.5, 0.6) is 0 Å². The number of rotatable bonds is 3. The number of amides is 1. The summed E-state index contributed by atoms with van der Waals surface area (Å²) in [4.78, 5) is 11.1. The number of aromatic nitrogens is 2. The number of nitrogens with one attached hydrogen (secondary N) is 2. The zero-order valence-corrected chi connectivity index (χ0v) is 9.63. The normalized spacial score (nSPS) is 10.4. The van der Waals surface area contributed by atoms with Gasteiger partial charge in [-0.1, -0.05) is 13.0 Å². The van der Waals surface area contributed by atoms with Crippen LogP contribution in [0.25, 0.3) is 11.3 Å². The molecule has 94 valence electrons. The van der Waals surface area contributed by atoms with Crippen LogP contribution in [-0.4, -0.2) is 16.1 Å². The van der Waals surface area contributed by atoms with Crippen molar-refractivity contribution in [3.8, 4) is 11.3 Å². The summed E-state index contributed by atoms with van der Waals surface area (Å²) < 4.78 is 27.0. The maximum Gasteiger partial charge on any atom is 0.225 e. The molecule has 1 aromatic carbocycles. The lowest BCUT2D eigenvalue weighted by Gasteiger charge is -2.00. The van der Waals surface area contributed by atoms with E-state index in [2.05, 4.69) is 15.5 Å². The van der Waals surface area contributed by atoms with Crippen molar-refractivity contribution >= 4 is 11.7 Å². The molecular weight excluding hydrogens is 240 g/mol. The van der Waals surface area contributed by atoms with Gasteiger partial charge in [0.2, 0.25) is 5.91 Å². The first kappa shape index (κ1) is 12.2. The molecule has 0 spiro atoms. The van der Waals surface area contributed by atoms with Gasteiger partial charge in [0.25, 0.3) is 0 Å². The second-order valence-electron chi connectivity index (χ2n) is 3.67. The molecule has 2 N–H and O–H groups in total. The van der Waals surface area contributed by atoms with Crippen LogP contribution in [0.1, 0.15) is 13.3 Å². The van der Waals surface area contributed by atoms with Gasteiger partial charge in [0.1, 0.15) is 11.6 Å². The van der Waals surface area contributed by atoms with Gasteiger partial charge < -0.3 is 5.32 Å². The molecule has 0 atom stereocenters. The molecule has 1 heterocycles. The molecule has 0 saturated heterocycles. The second kappa shape index (κ2) is 4.95. The number of carbonyl (C=O) groups excluding carboxylic acids is 1. The third-order valence-corrected chi connectivity index (χ3v) is 2.40. The van der Waals surface area contributed by atoms with Gasteiger partial charge in [-0.2, -0.15) is 5.10 Å². The van der Waals surface area contributed by atoms with E-state index in [1.165, 1.54) is 12.1 Å². The Balaban J connectivity index is 2.32. The average Bonchev–Trinajstić information content (AvgIpc) is 2.77. The largest absolute Gasteiger partial charge is 0.309 e. The van der Waals surface area contributed by atoms with Gasteiger partial charge >= 0.3 is 0 Å². The van der Waals surface area contributed by atoms with Crippen LogP contribution in [0.2, 0.25) is 0 Å². The van der Waals surface area contributed by atoms with Gasteiger partial charge in [0, 0.05) is 12.5 Å². The summed E-state index contributed by atoms with van der Waals surface area (Å²) in [7, 11) is 0.